The van der Waals surface area contributed by atoms with E-state index < -0.39 is 5.54 Å². The van der Waals surface area contributed by atoms with Gasteiger partial charge in [0.05, 0.1) is 18.2 Å². The van der Waals surface area contributed by atoms with Gasteiger partial charge < -0.3 is 9.36 Å². The van der Waals surface area contributed by atoms with Crippen LogP contribution in [-0.4, -0.2) is 20.8 Å². The third-order valence-corrected chi connectivity index (χ3v) is 7.16. The minimum atomic E-state index is -0.691. The van der Waals surface area contributed by atoms with Gasteiger partial charge >= 0.3 is 0 Å². The number of nitrogens with zero attached hydrogens (tertiary/aromatic N) is 3. The molecular formula is C31H24FN3O. The van der Waals surface area contributed by atoms with E-state index in [1.54, 1.807) is 0 Å². The van der Waals surface area contributed by atoms with Gasteiger partial charge in [-0.25, -0.2) is 9.37 Å². The third-order valence-electron chi connectivity index (χ3n) is 7.16. The topological polar surface area (TPSA) is 47.8 Å². The highest BCUT2D eigenvalue weighted by Gasteiger charge is 2.39. The number of carbonyl (C=O) groups is 1. The number of imidazole rings is 1. The molecule has 0 bridgehead atoms. The zero-order valence-electron chi connectivity index (χ0n) is 19.6. The number of halogens is 1. The predicted molar refractivity (Wildman–Crippen MR) is 137 cm³/mol. The summed E-state index contributed by atoms with van der Waals surface area (Å²) in [6, 6.07) is 31.1. The molecule has 3 aromatic carbocycles. The first-order valence-electron chi connectivity index (χ1n) is 12.0. The van der Waals surface area contributed by atoms with Gasteiger partial charge in [0.15, 0.2) is 0 Å². The summed E-state index contributed by atoms with van der Waals surface area (Å²) >= 11 is 0. The van der Waals surface area contributed by atoms with Crippen LogP contribution in [0.15, 0.2) is 110 Å². The van der Waals surface area contributed by atoms with Crippen molar-refractivity contribution in [1.82, 2.24) is 14.5 Å². The molecule has 1 aliphatic rings. The van der Waals surface area contributed by atoms with Gasteiger partial charge in [0.25, 0.3) is 0 Å². The van der Waals surface area contributed by atoms with E-state index in [-0.39, 0.29) is 11.7 Å². The number of aldehydes is 1. The minimum absolute atomic E-state index is 0.225. The molecule has 0 saturated heterocycles. The molecule has 0 spiro atoms. The lowest BCUT2D eigenvalue weighted by Gasteiger charge is -2.37. The van der Waals surface area contributed by atoms with Gasteiger partial charge in [-0.3, -0.25) is 4.98 Å². The van der Waals surface area contributed by atoms with Crippen molar-refractivity contribution in [3.8, 4) is 11.4 Å². The van der Waals surface area contributed by atoms with Crippen LogP contribution in [0.5, 0.6) is 0 Å². The van der Waals surface area contributed by atoms with Crippen molar-refractivity contribution < 1.29 is 9.18 Å². The van der Waals surface area contributed by atoms with E-state index in [4.69, 9.17) is 4.98 Å². The van der Waals surface area contributed by atoms with Crippen molar-refractivity contribution in [3.63, 3.8) is 0 Å². The van der Waals surface area contributed by atoms with Gasteiger partial charge in [0, 0.05) is 12.1 Å². The van der Waals surface area contributed by atoms with E-state index in [2.05, 4.69) is 45.9 Å². The van der Waals surface area contributed by atoms with Gasteiger partial charge in [-0.1, -0.05) is 91.0 Å². The van der Waals surface area contributed by atoms with Gasteiger partial charge in [-0.2, -0.15) is 0 Å². The number of pyridine rings is 1. The van der Waals surface area contributed by atoms with Crippen LogP contribution in [0, 0.1) is 11.7 Å². The van der Waals surface area contributed by atoms with E-state index in [1.165, 1.54) is 6.20 Å². The predicted octanol–water partition coefficient (Wildman–Crippen LogP) is 5.84. The number of fused-ring (bicyclic) bond motifs is 1. The summed E-state index contributed by atoms with van der Waals surface area (Å²) in [6.07, 6.45) is 6.86. The Morgan fingerprint density at radius 3 is 1.83 bits per heavy atom. The molecule has 0 amide bonds. The van der Waals surface area contributed by atoms with Gasteiger partial charge in [-0.15, -0.1) is 0 Å². The van der Waals surface area contributed by atoms with Gasteiger partial charge in [0.1, 0.15) is 23.3 Å². The molecule has 1 unspecified atom stereocenters. The maximum Gasteiger partial charge on any atom is 0.145 e. The molecule has 2 heterocycles. The first-order valence-corrected chi connectivity index (χ1v) is 12.0. The summed E-state index contributed by atoms with van der Waals surface area (Å²) in [6.45, 7) is 0. The Morgan fingerprint density at radius 2 is 1.31 bits per heavy atom. The van der Waals surface area contributed by atoms with Crippen LogP contribution in [-0.2, 0) is 23.2 Å². The van der Waals surface area contributed by atoms with Gasteiger partial charge in [0.2, 0.25) is 0 Å². The second-order valence-electron chi connectivity index (χ2n) is 9.19. The molecule has 176 valence electrons. The number of rotatable bonds is 6. The summed E-state index contributed by atoms with van der Waals surface area (Å²) in [5.41, 5.74) is 5.22. The molecule has 0 fully saturated rings. The SMILES string of the molecule is O=CC1Cc2c(F)cnc(-c3cn(C(c4ccccc4)(c4ccccc4)c4ccccc4)cn3)c2C1. The Bertz CT molecular complexity index is 1420. The van der Waals surface area contributed by atoms with Crippen LogP contribution < -0.4 is 0 Å². The molecule has 0 N–H and O–H groups in total. The Labute approximate surface area is 209 Å². The lowest BCUT2D eigenvalue weighted by Crippen LogP contribution is -2.36. The molecule has 5 aromatic rings. The maximum atomic E-state index is 14.6. The smallest absolute Gasteiger partial charge is 0.145 e. The molecule has 1 aliphatic carbocycles. The largest absolute Gasteiger partial charge is 0.318 e. The highest BCUT2D eigenvalue weighted by Crippen LogP contribution is 2.42. The molecule has 2 aromatic heterocycles. The molecule has 0 saturated carbocycles. The fourth-order valence-corrected chi connectivity index (χ4v) is 5.53. The zero-order chi connectivity index (χ0) is 24.5. The second-order valence-corrected chi connectivity index (χ2v) is 9.19. The van der Waals surface area contributed by atoms with E-state index >= 15 is 0 Å². The van der Waals surface area contributed by atoms with E-state index in [1.807, 2.05) is 67.1 Å². The van der Waals surface area contributed by atoms with Crippen LogP contribution in [0.25, 0.3) is 11.4 Å². The average molecular weight is 474 g/mol. The molecule has 6 rings (SSSR count). The summed E-state index contributed by atoms with van der Waals surface area (Å²) in [4.78, 5) is 20.7. The molecule has 36 heavy (non-hydrogen) atoms. The van der Waals surface area contributed by atoms with E-state index in [0.717, 1.165) is 28.5 Å². The molecule has 5 heteroatoms. The quantitative estimate of drug-likeness (QED) is 0.230. The first-order chi connectivity index (χ1) is 17.7. The molecule has 0 radical (unpaired) electrons. The number of hydrogen-bond donors (Lipinski definition) is 0. The van der Waals surface area contributed by atoms with Crippen molar-refractivity contribution in [2.24, 2.45) is 5.92 Å². The van der Waals surface area contributed by atoms with Crippen molar-refractivity contribution in [2.75, 3.05) is 0 Å². The summed E-state index contributed by atoms with van der Waals surface area (Å²) in [5.74, 6) is -0.582. The summed E-state index contributed by atoms with van der Waals surface area (Å²) in [7, 11) is 0. The van der Waals surface area contributed by atoms with Crippen LogP contribution in [0.4, 0.5) is 4.39 Å². The molecule has 0 aliphatic heterocycles. The van der Waals surface area contributed by atoms with Crippen molar-refractivity contribution in [1.29, 1.82) is 0 Å². The number of aromatic nitrogens is 3. The fourth-order valence-electron chi connectivity index (χ4n) is 5.53. The van der Waals surface area contributed by atoms with Crippen LogP contribution >= 0.6 is 0 Å². The molecule has 4 nitrogen and oxygen atoms in total. The van der Waals surface area contributed by atoms with Crippen molar-refractivity contribution in [2.45, 2.75) is 18.4 Å². The monoisotopic (exact) mass is 473 g/mol. The Hall–Kier alpha value is -4.38. The van der Waals surface area contributed by atoms with Crippen molar-refractivity contribution in [3.05, 3.63) is 143 Å². The van der Waals surface area contributed by atoms with Gasteiger partial charge in [-0.05, 0) is 40.7 Å². The summed E-state index contributed by atoms with van der Waals surface area (Å²) < 4.78 is 16.7. The second kappa shape index (κ2) is 9.00. The highest BCUT2D eigenvalue weighted by atomic mass is 19.1. The van der Waals surface area contributed by atoms with Crippen molar-refractivity contribution >= 4 is 6.29 Å². The molecule has 1 atom stereocenters. The minimum Gasteiger partial charge on any atom is -0.318 e. The number of benzene rings is 3. The standard InChI is InChI=1S/C31H24FN3O/c32-28-18-33-30(27-17-22(20-36)16-26(27)28)29-19-35(21-34-29)31(23-10-4-1-5-11-23,24-12-6-2-7-13-24)25-14-8-3-9-15-25/h1-15,18-22H,16-17H2. The lowest BCUT2D eigenvalue weighted by molar-refractivity contribution is -0.110. The molecular weight excluding hydrogens is 449 g/mol. The lowest BCUT2D eigenvalue weighted by atomic mass is 9.77. The number of hydrogen-bond acceptors (Lipinski definition) is 3. The Balaban J connectivity index is 1.59. The average Bonchev–Trinajstić information content (AvgIpc) is 3.60. The Morgan fingerprint density at radius 1 is 0.778 bits per heavy atom. The Kier molecular flexibility index (Phi) is 5.53. The van der Waals surface area contributed by atoms with Crippen LogP contribution in [0.3, 0.4) is 0 Å². The normalized spacial score (nSPS) is 15.0. The fraction of sp³-hybridized carbons (Fsp3) is 0.129. The zero-order valence-corrected chi connectivity index (χ0v) is 19.6. The van der Waals surface area contributed by atoms with Crippen LogP contribution in [0.1, 0.15) is 27.8 Å². The van der Waals surface area contributed by atoms with E-state index in [9.17, 15) is 9.18 Å². The first kappa shape index (κ1) is 22.1. The highest BCUT2D eigenvalue weighted by molar-refractivity contribution is 5.66. The maximum absolute atomic E-state index is 14.6. The van der Waals surface area contributed by atoms with Crippen LogP contribution in [0.2, 0.25) is 0 Å². The van der Waals surface area contributed by atoms with E-state index in [0.29, 0.717) is 29.8 Å². The number of carbonyl (C=O) groups excluding carboxylic acids is 1. The third kappa shape index (κ3) is 3.47. The summed E-state index contributed by atoms with van der Waals surface area (Å²) in [5, 5.41) is 0.